The molecule has 0 aromatic heterocycles. The third-order valence-corrected chi connectivity index (χ3v) is 2.55. The zero-order chi connectivity index (χ0) is 11.7. The summed E-state index contributed by atoms with van der Waals surface area (Å²) < 4.78 is 0. The van der Waals surface area contributed by atoms with Crippen molar-refractivity contribution in [1.82, 2.24) is 5.43 Å². The van der Waals surface area contributed by atoms with Gasteiger partial charge in [0.25, 0.3) is 0 Å². The molecule has 3 amide bonds. The number of fused-ring (bicyclic) bond motifs is 1. The molecule has 84 valence electrons. The Morgan fingerprint density at radius 1 is 1.50 bits per heavy atom. The molecule has 0 aliphatic carbocycles. The Labute approximate surface area is 92.4 Å². The van der Waals surface area contributed by atoms with E-state index in [1.54, 1.807) is 30.1 Å². The van der Waals surface area contributed by atoms with Crippen molar-refractivity contribution in [3.8, 4) is 0 Å². The van der Waals surface area contributed by atoms with Gasteiger partial charge in [-0.2, -0.15) is 0 Å². The highest BCUT2D eigenvalue weighted by atomic mass is 16.2. The van der Waals surface area contributed by atoms with E-state index < -0.39 is 6.03 Å². The van der Waals surface area contributed by atoms with Crippen molar-refractivity contribution in [3.05, 3.63) is 23.8 Å². The first-order valence-electron chi connectivity index (χ1n) is 4.79. The van der Waals surface area contributed by atoms with Gasteiger partial charge in [0.05, 0.1) is 6.42 Å². The quantitative estimate of drug-likeness (QED) is 0.359. The van der Waals surface area contributed by atoms with Crippen LogP contribution in [0.2, 0.25) is 0 Å². The lowest BCUT2D eigenvalue weighted by atomic mass is 10.1. The predicted molar refractivity (Wildman–Crippen MR) is 59.9 cm³/mol. The predicted octanol–water partition coefficient (Wildman–Crippen LogP) is 0.201. The molecule has 1 aromatic rings. The lowest BCUT2D eigenvalue weighted by Crippen LogP contribution is -2.34. The highest BCUT2D eigenvalue weighted by Gasteiger charge is 2.23. The molecule has 1 heterocycles. The van der Waals surface area contributed by atoms with Gasteiger partial charge in [0, 0.05) is 18.4 Å². The van der Waals surface area contributed by atoms with Crippen LogP contribution in [0.3, 0.4) is 0 Å². The summed E-state index contributed by atoms with van der Waals surface area (Å²) >= 11 is 0. The van der Waals surface area contributed by atoms with Gasteiger partial charge in [-0.1, -0.05) is 0 Å². The second-order valence-corrected chi connectivity index (χ2v) is 3.57. The molecule has 0 saturated heterocycles. The van der Waals surface area contributed by atoms with Gasteiger partial charge in [-0.25, -0.2) is 10.6 Å². The Hall–Kier alpha value is -2.08. The summed E-state index contributed by atoms with van der Waals surface area (Å²) in [6.07, 6.45) is 0.367. The maximum Gasteiger partial charge on any atom is 0.333 e. The molecule has 2 rings (SSSR count). The summed E-state index contributed by atoms with van der Waals surface area (Å²) in [6, 6.07) is 4.80. The maximum absolute atomic E-state index is 11.4. The lowest BCUT2D eigenvalue weighted by molar-refractivity contribution is -0.117. The van der Waals surface area contributed by atoms with Gasteiger partial charge < -0.3 is 10.2 Å². The number of nitrogens with zero attached hydrogens (tertiary/aromatic N) is 1. The van der Waals surface area contributed by atoms with Gasteiger partial charge in [-0.05, 0) is 23.8 Å². The number of amides is 3. The molecule has 1 aliphatic rings. The third-order valence-electron chi connectivity index (χ3n) is 2.55. The molecule has 0 spiro atoms. The number of likely N-dealkylation sites (N-methyl/N-ethyl adjacent to an activating group) is 1. The molecule has 1 aliphatic heterocycles. The molecular weight excluding hydrogens is 208 g/mol. The maximum atomic E-state index is 11.4. The fourth-order valence-electron chi connectivity index (χ4n) is 1.72. The Morgan fingerprint density at radius 2 is 2.25 bits per heavy atom. The van der Waals surface area contributed by atoms with Crippen LogP contribution in [0, 0.1) is 0 Å². The first-order chi connectivity index (χ1) is 7.61. The van der Waals surface area contributed by atoms with Crippen molar-refractivity contribution >= 4 is 23.3 Å². The Balaban J connectivity index is 2.25. The number of urea groups is 1. The van der Waals surface area contributed by atoms with Crippen LogP contribution >= 0.6 is 0 Å². The number of anilines is 2. The minimum absolute atomic E-state index is 0.0513. The van der Waals surface area contributed by atoms with Crippen LogP contribution in [-0.2, 0) is 11.2 Å². The van der Waals surface area contributed by atoms with E-state index in [0.29, 0.717) is 12.1 Å². The third kappa shape index (κ3) is 1.70. The fourth-order valence-corrected chi connectivity index (χ4v) is 1.72. The topological polar surface area (TPSA) is 87.5 Å². The number of hydrazine groups is 1. The number of carbonyl (C=O) groups excluding carboxylic acids is 2. The van der Waals surface area contributed by atoms with E-state index in [4.69, 9.17) is 5.84 Å². The molecule has 6 heteroatoms. The van der Waals surface area contributed by atoms with E-state index in [2.05, 4.69) is 5.32 Å². The highest BCUT2D eigenvalue weighted by Crippen LogP contribution is 2.29. The molecule has 0 radical (unpaired) electrons. The molecule has 6 nitrogen and oxygen atoms in total. The summed E-state index contributed by atoms with van der Waals surface area (Å²) in [6.45, 7) is 0. The molecule has 16 heavy (non-hydrogen) atoms. The molecular formula is C10H12N4O2. The number of benzene rings is 1. The van der Waals surface area contributed by atoms with Crippen LogP contribution in [0.1, 0.15) is 5.56 Å². The second-order valence-electron chi connectivity index (χ2n) is 3.57. The second kappa shape index (κ2) is 3.82. The van der Waals surface area contributed by atoms with Gasteiger partial charge in [-0.3, -0.25) is 10.2 Å². The number of carbonyl (C=O) groups is 2. The van der Waals surface area contributed by atoms with Crippen LogP contribution in [0.15, 0.2) is 18.2 Å². The molecule has 0 saturated carbocycles. The number of rotatable bonds is 1. The van der Waals surface area contributed by atoms with E-state index in [0.717, 1.165) is 11.3 Å². The number of nitrogens with two attached hydrogens (primary N) is 1. The van der Waals surface area contributed by atoms with Crippen LogP contribution in [0.4, 0.5) is 16.2 Å². The largest absolute Gasteiger partial charge is 0.333 e. The first kappa shape index (κ1) is 10.4. The Bertz CT molecular complexity index is 458. The van der Waals surface area contributed by atoms with E-state index in [-0.39, 0.29) is 5.91 Å². The fraction of sp³-hybridized carbons (Fsp3) is 0.200. The van der Waals surface area contributed by atoms with Gasteiger partial charge in [0.1, 0.15) is 0 Å². The van der Waals surface area contributed by atoms with E-state index in [9.17, 15) is 9.59 Å². The van der Waals surface area contributed by atoms with Crippen molar-refractivity contribution < 1.29 is 9.59 Å². The van der Waals surface area contributed by atoms with Gasteiger partial charge >= 0.3 is 6.03 Å². The monoisotopic (exact) mass is 220 g/mol. The average Bonchev–Trinajstić information content (AvgIpc) is 2.54. The lowest BCUT2D eigenvalue weighted by Gasteiger charge is -2.10. The molecule has 0 unspecified atom stereocenters. The van der Waals surface area contributed by atoms with Crippen LogP contribution in [0.25, 0.3) is 0 Å². The van der Waals surface area contributed by atoms with Gasteiger partial charge in [0.2, 0.25) is 5.91 Å². The van der Waals surface area contributed by atoms with Crippen molar-refractivity contribution in [3.63, 3.8) is 0 Å². The van der Waals surface area contributed by atoms with Crippen molar-refractivity contribution in [2.45, 2.75) is 6.42 Å². The summed E-state index contributed by atoms with van der Waals surface area (Å²) in [5, 5.41) is 2.55. The summed E-state index contributed by atoms with van der Waals surface area (Å²) in [5.41, 5.74) is 4.37. The van der Waals surface area contributed by atoms with Crippen LogP contribution < -0.4 is 21.5 Å². The molecule has 4 N–H and O–H groups in total. The Morgan fingerprint density at radius 3 is 2.94 bits per heavy atom. The smallest absolute Gasteiger partial charge is 0.315 e. The van der Waals surface area contributed by atoms with Crippen molar-refractivity contribution in [2.75, 3.05) is 17.3 Å². The SMILES string of the molecule is CN1C(=O)Cc2cc(NC(=O)NN)ccc21. The van der Waals surface area contributed by atoms with Crippen molar-refractivity contribution in [2.24, 2.45) is 5.84 Å². The highest BCUT2D eigenvalue weighted by molar-refractivity contribution is 6.01. The average molecular weight is 220 g/mol. The zero-order valence-electron chi connectivity index (χ0n) is 8.78. The van der Waals surface area contributed by atoms with Crippen molar-refractivity contribution in [1.29, 1.82) is 0 Å². The first-order valence-corrected chi connectivity index (χ1v) is 4.79. The number of nitrogens with one attached hydrogen (secondary N) is 2. The van der Waals surface area contributed by atoms with Gasteiger partial charge in [0.15, 0.2) is 0 Å². The van der Waals surface area contributed by atoms with E-state index in [1.165, 1.54) is 0 Å². The molecule has 0 bridgehead atoms. The zero-order valence-corrected chi connectivity index (χ0v) is 8.78. The number of hydrogen-bond acceptors (Lipinski definition) is 3. The summed E-state index contributed by atoms with van der Waals surface area (Å²) in [7, 11) is 1.73. The minimum Gasteiger partial charge on any atom is -0.315 e. The summed E-state index contributed by atoms with van der Waals surface area (Å²) in [5.74, 6) is 5.00. The van der Waals surface area contributed by atoms with E-state index >= 15 is 0 Å². The molecule has 1 aromatic carbocycles. The van der Waals surface area contributed by atoms with Crippen LogP contribution in [0.5, 0.6) is 0 Å². The normalized spacial score (nSPS) is 13.6. The van der Waals surface area contributed by atoms with E-state index in [1.807, 2.05) is 5.43 Å². The van der Waals surface area contributed by atoms with Gasteiger partial charge in [-0.15, -0.1) is 0 Å². The standard InChI is InChI=1S/C10H12N4O2/c1-14-8-3-2-7(12-10(16)13-11)4-6(8)5-9(14)15/h2-4H,5,11H2,1H3,(H2,12,13,16). The minimum atomic E-state index is -0.488. The van der Waals surface area contributed by atoms with Crippen LogP contribution in [-0.4, -0.2) is 19.0 Å². The molecule has 0 atom stereocenters. The summed E-state index contributed by atoms with van der Waals surface area (Å²) in [4.78, 5) is 24.0. The Kier molecular flexibility index (Phi) is 2.49. The molecule has 0 fully saturated rings. The number of hydrogen-bond donors (Lipinski definition) is 3.